The molecule has 0 spiro atoms. The molecule has 0 heterocycles. The molecule has 0 saturated heterocycles. The molecule has 1 heteroatoms. The van der Waals surface area contributed by atoms with E-state index in [-0.39, 0.29) is 0 Å². The van der Waals surface area contributed by atoms with Crippen molar-refractivity contribution < 1.29 is 4.74 Å². The molecule has 0 fully saturated rings. The lowest BCUT2D eigenvalue weighted by Gasteiger charge is -2.06. The Morgan fingerprint density at radius 2 is 0.895 bits per heavy atom. The van der Waals surface area contributed by atoms with Gasteiger partial charge >= 0.3 is 0 Å². The van der Waals surface area contributed by atoms with Crippen LogP contribution in [0, 0.1) is 0 Å². The average Bonchev–Trinajstić information content (AvgIpc) is 2.50. The van der Waals surface area contributed by atoms with Crippen LogP contribution in [-0.4, -0.2) is 0 Å². The van der Waals surface area contributed by atoms with Crippen LogP contribution in [0.15, 0.2) is 84.9 Å². The number of ether oxygens (including phenoxy) is 1. The number of hydrogen-bond acceptors (Lipinski definition) is 1. The van der Waals surface area contributed by atoms with E-state index in [1.807, 2.05) is 60.7 Å². The van der Waals surface area contributed by atoms with Gasteiger partial charge in [0.05, 0.1) is 0 Å². The van der Waals surface area contributed by atoms with E-state index in [2.05, 4.69) is 24.3 Å². The lowest BCUT2D eigenvalue weighted by atomic mass is 10.1. The van der Waals surface area contributed by atoms with Crippen LogP contribution in [0.2, 0.25) is 0 Å². The van der Waals surface area contributed by atoms with E-state index in [1.54, 1.807) is 0 Å². The van der Waals surface area contributed by atoms with Gasteiger partial charge in [0.1, 0.15) is 11.5 Å². The lowest BCUT2D eigenvalue weighted by Crippen LogP contribution is -1.83. The van der Waals surface area contributed by atoms with Crippen molar-refractivity contribution in [3.63, 3.8) is 0 Å². The van der Waals surface area contributed by atoms with Crippen LogP contribution >= 0.6 is 0 Å². The number of rotatable bonds is 3. The van der Waals surface area contributed by atoms with Crippen LogP contribution in [0.5, 0.6) is 11.5 Å². The molecular weight excluding hydrogens is 232 g/mol. The van der Waals surface area contributed by atoms with Crippen molar-refractivity contribution in [3.8, 4) is 22.6 Å². The van der Waals surface area contributed by atoms with Crippen molar-refractivity contribution in [2.75, 3.05) is 0 Å². The summed E-state index contributed by atoms with van der Waals surface area (Å²) in [4.78, 5) is 0. The summed E-state index contributed by atoms with van der Waals surface area (Å²) >= 11 is 0. The molecule has 19 heavy (non-hydrogen) atoms. The zero-order chi connectivity index (χ0) is 12.9. The fourth-order valence-electron chi connectivity index (χ4n) is 1.97. The first-order valence-electron chi connectivity index (χ1n) is 6.30. The van der Waals surface area contributed by atoms with Crippen LogP contribution in [0.3, 0.4) is 0 Å². The minimum Gasteiger partial charge on any atom is -0.457 e. The Labute approximate surface area is 113 Å². The van der Waals surface area contributed by atoms with E-state index >= 15 is 0 Å². The molecule has 1 nitrogen and oxygen atoms in total. The summed E-state index contributed by atoms with van der Waals surface area (Å²) in [7, 11) is 0. The largest absolute Gasteiger partial charge is 0.457 e. The van der Waals surface area contributed by atoms with Gasteiger partial charge in [0.25, 0.3) is 0 Å². The van der Waals surface area contributed by atoms with Gasteiger partial charge in [-0.2, -0.15) is 0 Å². The van der Waals surface area contributed by atoms with Crippen LogP contribution in [-0.2, 0) is 0 Å². The third kappa shape index (κ3) is 2.83. The van der Waals surface area contributed by atoms with Crippen LogP contribution in [0.4, 0.5) is 0 Å². The zero-order valence-electron chi connectivity index (χ0n) is 10.5. The van der Waals surface area contributed by atoms with E-state index in [9.17, 15) is 0 Å². The smallest absolute Gasteiger partial charge is 0.127 e. The zero-order valence-corrected chi connectivity index (χ0v) is 10.5. The Kier molecular flexibility index (Phi) is 3.28. The van der Waals surface area contributed by atoms with Crippen molar-refractivity contribution in [1.29, 1.82) is 0 Å². The average molecular weight is 246 g/mol. The van der Waals surface area contributed by atoms with Gasteiger partial charge in [0.15, 0.2) is 0 Å². The van der Waals surface area contributed by atoms with Crippen molar-refractivity contribution in [1.82, 2.24) is 0 Å². The summed E-state index contributed by atoms with van der Waals surface area (Å²) in [5, 5.41) is 0. The molecule has 3 rings (SSSR count). The second-order valence-corrected chi connectivity index (χ2v) is 4.31. The summed E-state index contributed by atoms with van der Waals surface area (Å²) in [6.07, 6.45) is 0. The monoisotopic (exact) mass is 246 g/mol. The summed E-state index contributed by atoms with van der Waals surface area (Å²) in [5.41, 5.74) is 2.41. The van der Waals surface area contributed by atoms with E-state index < -0.39 is 0 Å². The maximum atomic E-state index is 5.77. The van der Waals surface area contributed by atoms with Crippen LogP contribution in [0.1, 0.15) is 0 Å². The molecule has 0 unspecified atom stereocenters. The second kappa shape index (κ2) is 5.40. The van der Waals surface area contributed by atoms with Gasteiger partial charge in [0, 0.05) is 0 Å². The molecule has 0 radical (unpaired) electrons. The Morgan fingerprint density at radius 3 is 1.53 bits per heavy atom. The number of para-hydroxylation sites is 1. The minimum atomic E-state index is 0.853. The molecule has 0 aliphatic rings. The normalized spacial score (nSPS) is 10.1. The first-order valence-corrected chi connectivity index (χ1v) is 6.30. The first-order chi connectivity index (χ1) is 9.42. The van der Waals surface area contributed by atoms with Gasteiger partial charge in [-0.25, -0.2) is 0 Å². The molecule has 0 bridgehead atoms. The number of benzene rings is 3. The molecule has 0 N–H and O–H groups in total. The predicted molar refractivity (Wildman–Crippen MR) is 78.4 cm³/mol. The molecule has 0 amide bonds. The molecule has 0 aromatic heterocycles. The number of hydrogen-bond donors (Lipinski definition) is 0. The van der Waals surface area contributed by atoms with Crippen LogP contribution in [0.25, 0.3) is 11.1 Å². The van der Waals surface area contributed by atoms with Gasteiger partial charge in [0.2, 0.25) is 0 Å². The lowest BCUT2D eigenvalue weighted by molar-refractivity contribution is 0.483. The minimum absolute atomic E-state index is 0.853. The van der Waals surface area contributed by atoms with E-state index in [0.717, 1.165) is 11.5 Å². The standard InChI is InChI=1S/C18H14O/c1-3-7-15(8-4-1)16-11-13-18(14-12-16)19-17-9-5-2-6-10-17/h1-14H. The summed E-state index contributed by atoms with van der Waals surface area (Å²) in [6, 6.07) is 28.3. The van der Waals surface area contributed by atoms with Crippen molar-refractivity contribution in [2.45, 2.75) is 0 Å². The molecule has 0 aliphatic carbocycles. The summed E-state index contributed by atoms with van der Waals surface area (Å²) in [6.45, 7) is 0. The Hall–Kier alpha value is -2.54. The highest BCUT2D eigenvalue weighted by atomic mass is 16.5. The first kappa shape index (κ1) is 11.5. The molecular formula is C18H14O. The van der Waals surface area contributed by atoms with Crippen molar-refractivity contribution in [3.05, 3.63) is 84.9 Å². The summed E-state index contributed by atoms with van der Waals surface area (Å²) in [5.74, 6) is 1.71. The molecule has 3 aromatic rings. The van der Waals surface area contributed by atoms with Crippen LogP contribution < -0.4 is 4.74 Å². The van der Waals surface area contributed by atoms with Gasteiger partial charge in [-0.05, 0) is 35.4 Å². The quantitative estimate of drug-likeness (QED) is 0.621. The maximum Gasteiger partial charge on any atom is 0.127 e. The Morgan fingerprint density at radius 1 is 0.421 bits per heavy atom. The molecule has 3 aromatic carbocycles. The highest BCUT2D eigenvalue weighted by Gasteiger charge is 1.99. The molecule has 0 aliphatic heterocycles. The van der Waals surface area contributed by atoms with E-state index in [1.165, 1.54) is 11.1 Å². The fraction of sp³-hybridized carbons (Fsp3) is 0. The topological polar surface area (TPSA) is 9.23 Å². The predicted octanol–water partition coefficient (Wildman–Crippen LogP) is 5.15. The molecule has 0 saturated carbocycles. The molecule has 0 atom stereocenters. The van der Waals surface area contributed by atoms with Gasteiger partial charge in [-0.15, -0.1) is 0 Å². The second-order valence-electron chi connectivity index (χ2n) is 4.31. The Bertz CT molecular complexity index is 628. The van der Waals surface area contributed by atoms with Gasteiger partial charge in [-0.1, -0.05) is 60.7 Å². The van der Waals surface area contributed by atoms with E-state index in [0.29, 0.717) is 0 Å². The van der Waals surface area contributed by atoms with Crippen molar-refractivity contribution in [2.24, 2.45) is 0 Å². The highest BCUT2D eigenvalue weighted by Crippen LogP contribution is 2.25. The molecule has 92 valence electrons. The van der Waals surface area contributed by atoms with Crippen molar-refractivity contribution >= 4 is 0 Å². The fourth-order valence-corrected chi connectivity index (χ4v) is 1.97. The maximum absolute atomic E-state index is 5.77. The van der Waals surface area contributed by atoms with Gasteiger partial charge < -0.3 is 4.74 Å². The van der Waals surface area contributed by atoms with E-state index in [4.69, 9.17) is 4.74 Å². The third-order valence-corrected chi connectivity index (χ3v) is 2.94. The Balaban J connectivity index is 1.80. The third-order valence-electron chi connectivity index (χ3n) is 2.94. The van der Waals surface area contributed by atoms with Gasteiger partial charge in [-0.3, -0.25) is 0 Å². The highest BCUT2D eigenvalue weighted by molar-refractivity contribution is 5.64. The SMILES string of the molecule is c1ccc(Oc2ccc(-c3ccccc3)cc2)cc1. The summed E-state index contributed by atoms with van der Waals surface area (Å²) < 4.78 is 5.77.